The molecule has 3 N–H and O–H groups in total. The highest BCUT2D eigenvalue weighted by Crippen LogP contribution is 2.32. The van der Waals surface area contributed by atoms with Crippen LogP contribution in [0.15, 0.2) is 42.6 Å². The molecule has 2 amide bonds. The highest BCUT2D eigenvalue weighted by atomic mass is 35.5. The SMILES string of the molecule is CC(C)(C)OC(=O)N(CCCCOCCOc1nc2cc(C(N)=O)ccc2c2cn[nH]c12)Cc1ccc(OC(F)(F)F)c(Cl)c1. The summed E-state index contributed by atoms with van der Waals surface area (Å²) in [6.07, 6.45) is -2.63. The molecule has 0 saturated heterocycles. The van der Waals surface area contributed by atoms with E-state index in [2.05, 4.69) is 19.9 Å². The van der Waals surface area contributed by atoms with E-state index in [9.17, 15) is 22.8 Å². The third kappa shape index (κ3) is 9.59. The third-order valence-electron chi connectivity index (χ3n) is 6.33. The van der Waals surface area contributed by atoms with Crippen molar-refractivity contribution in [2.75, 3.05) is 26.4 Å². The number of amides is 2. The second-order valence-corrected chi connectivity index (χ2v) is 11.5. The van der Waals surface area contributed by atoms with Crippen molar-refractivity contribution in [2.24, 2.45) is 5.73 Å². The van der Waals surface area contributed by atoms with E-state index < -0.39 is 29.7 Å². The highest BCUT2D eigenvalue weighted by Gasteiger charge is 2.32. The molecule has 2 aromatic carbocycles. The first-order valence-corrected chi connectivity index (χ1v) is 14.4. The quantitative estimate of drug-likeness (QED) is 0.159. The number of alkyl halides is 3. The van der Waals surface area contributed by atoms with E-state index in [1.807, 2.05) is 0 Å². The number of nitrogens with zero attached hydrogens (tertiary/aromatic N) is 3. The van der Waals surface area contributed by atoms with Crippen molar-refractivity contribution in [3.05, 3.63) is 58.7 Å². The Labute approximate surface area is 261 Å². The van der Waals surface area contributed by atoms with E-state index >= 15 is 0 Å². The number of benzene rings is 2. The number of halogens is 4. The Kier molecular flexibility index (Phi) is 10.6. The van der Waals surface area contributed by atoms with Crippen molar-refractivity contribution in [1.29, 1.82) is 0 Å². The van der Waals surface area contributed by atoms with Crippen LogP contribution >= 0.6 is 11.6 Å². The fourth-order valence-electron chi connectivity index (χ4n) is 4.37. The van der Waals surface area contributed by atoms with E-state index in [1.54, 1.807) is 45.2 Å². The Balaban J connectivity index is 1.27. The lowest BCUT2D eigenvalue weighted by atomic mass is 10.1. The molecule has 0 aliphatic rings. The van der Waals surface area contributed by atoms with E-state index in [1.165, 1.54) is 17.0 Å². The minimum atomic E-state index is -4.88. The van der Waals surface area contributed by atoms with Crippen molar-refractivity contribution in [3.63, 3.8) is 0 Å². The maximum Gasteiger partial charge on any atom is 0.573 e. The average Bonchev–Trinajstić information content (AvgIpc) is 3.44. The van der Waals surface area contributed by atoms with Gasteiger partial charge < -0.3 is 29.6 Å². The molecule has 4 aromatic rings. The van der Waals surface area contributed by atoms with Gasteiger partial charge in [-0.05, 0) is 63.4 Å². The first kappa shape index (κ1) is 33.6. The van der Waals surface area contributed by atoms with Crippen LogP contribution in [0.3, 0.4) is 0 Å². The molecule has 0 unspecified atom stereocenters. The molecule has 242 valence electrons. The average molecular weight is 652 g/mol. The van der Waals surface area contributed by atoms with Crippen molar-refractivity contribution in [2.45, 2.75) is 52.1 Å². The van der Waals surface area contributed by atoms with Gasteiger partial charge in [-0.25, -0.2) is 9.78 Å². The van der Waals surface area contributed by atoms with E-state index in [0.29, 0.717) is 54.0 Å². The molecule has 0 atom stereocenters. The van der Waals surface area contributed by atoms with E-state index in [-0.39, 0.29) is 24.8 Å². The lowest BCUT2D eigenvalue weighted by molar-refractivity contribution is -0.274. The number of pyridine rings is 1. The zero-order chi connectivity index (χ0) is 32.8. The topological polar surface area (TPSA) is 142 Å². The minimum absolute atomic E-state index is 0.0669. The summed E-state index contributed by atoms with van der Waals surface area (Å²) in [6, 6.07) is 8.82. The molecule has 4 rings (SSSR count). The molecule has 2 heterocycles. The van der Waals surface area contributed by atoms with Crippen molar-refractivity contribution < 1.29 is 41.7 Å². The van der Waals surface area contributed by atoms with Gasteiger partial charge in [-0.3, -0.25) is 9.89 Å². The molecular formula is C30H33ClF3N5O6. The van der Waals surface area contributed by atoms with Crippen molar-refractivity contribution in [1.82, 2.24) is 20.1 Å². The van der Waals surface area contributed by atoms with Crippen LogP contribution in [0.5, 0.6) is 11.6 Å². The number of carbonyl (C=O) groups is 2. The van der Waals surface area contributed by atoms with Crippen LogP contribution in [-0.4, -0.2) is 70.4 Å². The number of hydrogen-bond acceptors (Lipinski definition) is 8. The number of H-pyrrole nitrogens is 1. The molecule has 0 bridgehead atoms. The van der Waals surface area contributed by atoms with Gasteiger partial charge in [0.05, 0.1) is 23.3 Å². The summed E-state index contributed by atoms with van der Waals surface area (Å²) in [5.74, 6) is -0.777. The normalized spacial score (nSPS) is 12.0. The molecule has 0 saturated carbocycles. The van der Waals surface area contributed by atoms with Crippen LogP contribution in [0.25, 0.3) is 21.8 Å². The second kappa shape index (κ2) is 14.2. The Morgan fingerprint density at radius 2 is 1.80 bits per heavy atom. The molecule has 0 aliphatic carbocycles. The Morgan fingerprint density at radius 3 is 2.49 bits per heavy atom. The first-order valence-electron chi connectivity index (χ1n) is 14.0. The molecule has 15 heteroatoms. The minimum Gasteiger partial charge on any atom is -0.474 e. The summed E-state index contributed by atoms with van der Waals surface area (Å²) in [5, 5.41) is 8.32. The van der Waals surface area contributed by atoms with Crippen LogP contribution < -0.4 is 15.2 Å². The number of aromatic amines is 1. The van der Waals surface area contributed by atoms with Crippen LogP contribution in [0, 0.1) is 0 Å². The van der Waals surface area contributed by atoms with Crippen molar-refractivity contribution in [3.8, 4) is 11.6 Å². The summed E-state index contributed by atoms with van der Waals surface area (Å²) in [6.45, 7) is 6.43. The largest absolute Gasteiger partial charge is 0.573 e. The zero-order valence-corrected chi connectivity index (χ0v) is 25.6. The van der Waals surface area contributed by atoms with Crippen LogP contribution in [0.1, 0.15) is 49.5 Å². The van der Waals surface area contributed by atoms with Crippen LogP contribution in [0.4, 0.5) is 18.0 Å². The van der Waals surface area contributed by atoms with Gasteiger partial charge in [0.25, 0.3) is 0 Å². The predicted molar refractivity (Wildman–Crippen MR) is 160 cm³/mol. The van der Waals surface area contributed by atoms with Gasteiger partial charge in [-0.15, -0.1) is 13.2 Å². The Hall–Kier alpha value is -4.30. The summed E-state index contributed by atoms with van der Waals surface area (Å²) >= 11 is 5.99. The van der Waals surface area contributed by atoms with Gasteiger partial charge in [0.1, 0.15) is 23.5 Å². The molecule has 0 fully saturated rings. The number of nitrogens with two attached hydrogens (primary N) is 1. The molecule has 45 heavy (non-hydrogen) atoms. The number of carbonyl (C=O) groups excluding carboxylic acids is 2. The van der Waals surface area contributed by atoms with E-state index in [4.69, 9.17) is 31.5 Å². The maximum absolute atomic E-state index is 12.9. The predicted octanol–water partition coefficient (Wildman–Crippen LogP) is 6.37. The second-order valence-electron chi connectivity index (χ2n) is 11.1. The molecule has 0 radical (unpaired) electrons. The number of primary amides is 1. The monoisotopic (exact) mass is 651 g/mol. The summed E-state index contributed by atoms with van der Waals surface area (Å²) in [7, 11) is 0. The number of aromatic nitrogens is 3. The summed E-state index contributed by atoms with van der Waals surface area (Å²) in [5.41, 5.74) is 6.65. The number of rotatable bonds is 13. The standard InChI is InChI=1S/C30H33ClF3N5O6/c1-29(2,3)45-28(41)39(17-18-6-9-24(22(31)14-18)44-30(32,33)34)10-4-5-11-42-12-13-43-27-25-21(16-36-38-25)20-8-7-19(26(35)40)15-23(20)37-27/h6-9,14-16H,4-5,10-13,17H2,1-3H3,(H2,35,40)(H,36,38). The number of hydrogen-bond donors (Lipinski definition) is 2. The summed E-state index contributed by atoms with van der Waals surface area (Å²) in [4.78, 5) is 30.4. The molecule has 2 aromatic heterocycles. The van der Waals surface area contributed by atoms with Gasteiger partial charge in [-0.1, -0.05) is 23.7 Å². The summed E-state index contributed by atoms with van der Waals surface area (Å²) < 4.78 is 58.7. The lowest BCUT2D eigenvalue weighted by Gasteiger charge is -2.27. The van der Waals surface area contributed by atoms with Gasteiger partial charge in [0.2, 0.25) is 11.8 Å². The zero-order valence-electron chi connectivity index (χ0n) is 24.9. The highest BCUT2D eigenvalue weighted by molar-refractivity contribution is 6.32. The molecular weight excluding hydrogens is 619 g/mol. The lowest BCUT2D eigenvalue weighted by Crippen LogP contribution is -2.37. The van der Waals surface area contributed by atoms with Gasteiger partial charge in [0.15, 0.2) is 0 Å². The van der Waals surface area contributed by atoms with Crippen LogP contribution in [0.2, 0.25) is 5.02 Å². The number of nitrogens with one attached hydrogen (secondary N) is 1. The van der Waals surface area contributed by atoms with Crippen molar-refractivity contribution >= 4 is 45.4 Å². The van der Waals surface area contributed by atoms with Gasteiger partial charge >= 0.3 is 12.5 Å². The molecule has 0 spiro atoms. The fourth-order valence-corrected chi connectivity index (χ4v) is 4.61. The van der Waals surface area contributed by atoms with Gasteiger partial charge in [0, 0.05) is 36.0 Å². The first-order chi connectivity index (χ1) is 21.2. The number of fused-ring (bicyclic) bond motifs is 3. The molecule has 11 nitrogen and oxygen atoms in total. The Morgan fingerprint density at radius 1 is 1.02 bits per heavy atom. The molecule has 0 aliphatic heterocycles. The van der Waals surface area contributed by atoms with Crippen LogP contribution in [-0.2, 0) is 16.0 Å². The maximum atomic E-state index is 12.9. The Bertz CT molecular complexity index is 1660. The smallest absolute Gasteiger partial charge is 0.474 e. The third-order valence-corrected chi connectivity index (χ3v) is 6.62. The van der Waals surface area contributed by atoms with E-state index in [0.717, 1.165) is 16.8 Å². The number of unbranched alkanes of at least 4 members (excludes halogenated alkanes) is 1. The van der Waals surface area contributed by atoms with Gasteiger partial charge in [-0.2, -0.15) is 5.10 Å². The fraction of sp³-hybridized carbons (Fsp3) is 0.400. The number of ether oxygens (including phenoxy) is 4.